The number of fused-ring (bicyclic) bond motifs is 1. The normalized spacial score (nSPS) is 15.1. The SMILES string of the molecule is C/C=C(\NCC(c1cc(C(C)CC)c(C)c(-c2ccnc(F)c2Cl)n1)C1CC1)c1cc(OC)n2nc(C3CC3)cc2c1.C=C.C=C.CN. The van der Waals surface area contributed by atoms with Gasteiger partial charge >= 0.3 is 0 Å². The van der Waals surface area contributed by atoms with E-state index in [1.54, 1.807) is 13.2 Å². The number of nitrogens with two attached hydrogens (primary N) is 1. The summed E-state index contributed by atoms with van der Waals surface area (Å²) in [4.78, 5) is 8.92. The summed E-state index contributed by atoms with van der Waals surface area (Å²) in [5.41, 5.74) is 13.4. The van der Waals surface area contributed by atoms with E-state index in [9.17, 15) is 4.39 Å². The van der Waals surface area contributed by atoms with Gasteiger partial charge in [0.15, 0.2) is 0 Å². The molecule has 0 aromatic carbocycles. The predicted octanol–water partition coefficient (Wildman–Crippen LogP) is 9.62. The predicted molar refractivity (Wildman–Crippen MR) is 199 cm³/mol. The lowest BCUT2D eigenvalue weighted by Gasteiger charge is -2.24. The number of aromatic nitrogens is 4. The lowest BCUT2D eigenvalue weighted by atomic mass is 9.88. The van der Waals surface area contributed by atoms with Crippen LogP contribution < -0.4 is 15.8 Å². The Morgan fingerprint density at radius 1 is 1.15 bits per heavy atom. The quantitative estimate of drug-likeness (QED) is 0.122. The summed E-state index contributed by atoms with van der Waals surface area (Å²) in [6.45, 7) is 21.3. The summed E-state index contributed by atoms with van der Waals surface area (Å²) >= 11 is 6.44. The standard InChI is InChI=1S/C34H39ClFN5O.2C2H4.CH5N/c1-6-19(3)26-17-30(39-33(20(26)4)25-12-13-37-34(36)32(25)35)27(21-8-9-21)18-38-28(7-2)23-14-24-16-29(22-10-11-22)40-41(24)31(15-23)42-5;3*1-2/h7,12-17,19,21-22,27,38H,6,8-11,18H2,1-5H3;2*1-2H2;2H2,1H3/b28-7-;;;. The maximum Gasteiger partial charge on any atom is 0.232 e. The summed E-state index contributed by atoms with van der Waals surface area (Å²) in [7, 11) is 3.19. The maximum absolute atomic E-state index is 14.4. The van der Waals surface area contributed by atoms with Crippen molar-refractivity contribution in [2.75, 3.05) is 20.7 Å². The van der Waals surface area contributed by atoms with Gasteiger partial charge in [0.05, 0.1) is 24.0 Å². The molecule has 48 heavy (non-hydrogen) atoms. The van der Waals surface area contributed by atoms with Crippen LogP contribution in [0.15, 0.2) is 68.9 Å². The molecule has 2 atom stereocenters. The van der Waals surface area contributed by atoms with E-state index in [2.05, 4.69) is 94.3 Å². The van der Waals surface area contributed by atoms with Gasteiger partial charge in [0, 0.05) is 53.2 Å². The van der Waals surface area contributed by atoms with Crippen LogP contribution in [0.25, 0.3) is 22.5 Å². The van der Waals surface area contributed by atoms with Crippen LogP contribution in [0.5, 0.6) is 5.88 Å². The molecule has 0 bridgehead atoms. The lowest BCUT2D eigenvalue weighted by Crippen LogP contribution is -2.23. The van der Waals surface area contributed by atoms with Gasteiger partial charge in [0.1, 0.15) is 5.02 Å². The van der Waals surface area contributed by atoms with Crippen LogP contribution in [-0.2, 0) is 0 Å². The highest BCUT2D eigenvalue weighted by Gasteiger charge is 2.34. The first kappa shape index (κ1) is 38.4. The van der Waals surface area contributed by atoms with Crippen LogP contribution >= 0.6 is 11.6 Å². The molecule has 2 unspecified atom stereocenters. The van der Waals surface area contributed by atoms with Crippen LogP contribution in [0, 0.1) is 18.8 Å². The zero-order chi connectivity index (χ0) is 35.5. The maximum atomic E-state index is 14.4. The van der Waals surface area contributed by atoms with Crippen molar-refractivity contribution in [1.29, 1.82) is 0 Å². The summed E-state index contributed by atoms with van der Waals surface area (Å²) in [6, 6.07) is 10.5. The Labute approximate surface area is 291 Å². The second kappa shape index (κ2) is 17.9. The summed E-state index contributed by atoms with van der Waals surface area (Å²) in [5, 5.41) is 8.59. The number of hydrogen-bond acceptors (Lipinski definition) is 6. The number of nitrogens with zero attached hydrogens (tertiary/aromatic N) is 4. The number of halogens is 2. The number of allylic oxidation sites excluding steroid dienone is 1. The third-order valence-corrected chi connectivity index (χ3v) is 9.37. The van der Waals surface area contributed by atoms with Crippen molar-refractivity contribution >= 4 is 22.8 Å². The van der Waals surface area contributed by atoms with E-state index >= 15 is 0 Å². The molecule has 2 saturated carbocycles. The van der Waals surface area contributed by atoms with Crippen LogP contribution in [-0.4, -0.2) is 40.3 Å². The van der Waals surface area contributed by atoms with E-state index < -0.39 is 5.95 Å². The number of rotatable bonds is 11. The number of nitrogens with one attached hydrogen (secondary N) is 1. The minimum atomic E-state index is -0.668. The first-order valence-corrected chi connectivity index (χ1v) is 17.1. The molecule has 4 heterocycles. The molecule has 0 radical (unpaired) electrons. The van der Waals surface area contributed by atoms with Gasteiger partial charge in [-0.15, -0.1) is 26.3 Å². The number of methoxy groups -OCH3 is 1. The van der Waals surface area contributed by atoms with Crippen molar-refractivity contribution in [3.8, 4) is 17.1 Å². The molecule has 6 rings (SSSR count). The van der Waals surface area contributed by atoms with Crippen molar-refractivity contribution in [2.24, 2.45) is 11.7 Å². The Balaban J connectivity index is 0.000000987. The minimum Gasteiger partial charge on any atom is -0.481 e. The van der Waals surface area contributed by atoms with Crippen molar-refractivity contribution in [3.05, 3.63) is 108 Å². The van der Waals surface area contributed by atoms with E-state index in [-0.39, 0.29) is 10.9 Å². The van der Waals surface area contributed by atoms with Gasteiger partial charge in [-0.25, -0.2) is 9.50 Å². The van der Waals surface area contributed by atoms with E-state index in [1.807, 2.05) is 10.6 Å². The fraction of sp³-hybridized carbons (Fsp3) is 0.410. The molecule has 0 amide bonds. The second-order valence-corrected chi connectivity index (χ2v) is 12.3. The molecule has 2 aliphatic carbocycles. The van der Waals surface area contributed by atoms with E-state index in [1.165, 1.54) is 44.5 Å². The smallest absolute Gasteiger partial charge is 0.232 e. The molecule has 0 aliphatic heterocycles. The van der Waals surface area contributed by atoms with Crippen molar-refractivity contribution in [2.45, 2.75) is 77.6 Å². The topological polar surface area (TPSA) is 90.4 Å². The molecular formula is C39H52ClFN6O. The van der Waals surface area contributed by atoms with Crippen LogP contribution in [0.4, 0.5) is 4.39 Å². The molecular weight excluding hydrogens is 623 g/mol. The summed E-state index contributed by atoms with van der Waals surface area (Å²) < 4.78 is 22.1. The van der Waals surface area contributed by atoms with Crippen molar-refractivity contribution in [1.82, 2.24) is 24.9 Å². The summed E-state index contributed by atoms with van der Waals surface area (Å²) in [6.07, 6.45) is 9.34. The largest absolute Gasteiger partial charge is 0.481 e. The average Bonchev–Trinajstić information content (AvgIpc) is 4.08. The molecule has 258 valence electrons. The fourth-order valence-electron chi connectivity index (χ4n) is 6.01. The Morgan fingerprint density at radius 3 is 2.42 bits per heavy atom. The molecule has 3 N–H and O–H groups in total. The minimum absolute atomic E-state index is 0.0201. The zero-order valence-electron chi connectivity index (χ0n) is 29.5. The third-order valence-electron chi connectivity index (χ3n) is 9.01. The zero-order valence-corrected chi connectivity index (χ0v) is 30.2. The molecule has 4 aromatic rings. The highest BCUT2D eigenvalue weighted by molar-refractivity contribution is 6.33. The number of hydrogen-bond donors (Lipinski definition) is 2. The van der Waals surface area contributed by atoms with Crippen LogP contribution in [0.2, 0.25) is 5.02 Å². The van der Waals surface area contributed by atoms with Gasteiger partial charge in [-0.2, -0.15) is 9.49 Å². The second-order valence-electron chi connectivity index (χ2n) is 11.9. The molecule has 7 nitrogen and oxygen atoms in total. The molecule has 9 heteroatoms. The Morgan fingerprint density at radius 2 is 1.83 bits per heavy atom. The first-order chi connectivity index (χ1) is 23.3. The highest BCUT2D eigenvalue weighted by Crippen LogP contribution is 2.44. The summed E-state index contributed by atoms with van der Waals surface area (Å²) in [5.74, 6) is 1.71. The first-order valence-electron chi connectivity index (χ1n) is 16.7. The van der Waals surface area contributed by atoms with E-state index in [0.717, 1.165) is 58.3 Å². The van der Waals surface area contributed by atoms with E-state index in [0.29, 0.717) is 23.3 Å². The Hall–Kier alpha value is -4.01. The molecule has 0 saturated heterocycles. The lowest BCUT2D eigenvalue weighted by molar-refractivity contribution is 0.385. The fourth-order valence-corrected chi connectivity index (χ4v) is 6.21. The van der Waals surface area contributed by atoms with Gasteiger partial charge in [-0.05, 0) is 100 Å². The van der Waals surface area contributed by atoms with Crippen LogP contribution in [0.1, 0.15) is 98.7 Å². The van der Waals surface area contributed by atoms with Gasteiger partial charge in [-0.1, -0.05) is 31.5 Å². The monoisotopic (exact) mass is 674 g/mol. The van der Waals surface area contributed by atoms with Gasteiger partial charge < -0.3 is 15.8 Å². The Kier molecular flexibility index (Phi) is 14.4. The van der Waals surface area contributed by atoms with Crippen LogP contribution in [0.3, 0.4) is 0 Å². The Bertz CT molecular complexity index is 1690. The highest BCUT2D eigenvalue weighted by atomic mass is 35.5. The molecule has 2 fully saturated rings. The van der Waals surface area contributed by atoms with E-state index in [4.69, 9.17) is 26.4 Å². The number of ether oxygens (including phenoxy) is 1. The molecule has 0 spiro atoms. The van der Waals surface area contributed by atoms with Gasteiger partial charge in [0.2, 0.25) is 11.8 Å². The average molecular weight is 675 g/mol. The third kappa shape index (κ3) is 8.52. The van der Waals surface area contributed by atoms with Crippen molar-refractivity contribution < 1.29 is 9.13 Å². The number of pyridine rings is 3. The molecule has 4 aromatic heterocycles. The van der Waals surface area contributed by atoms with Gasteiger partial charge in [0.25, 0.3) is 0 Å². The van der Waals surface area contributed by atoms with Crippen molar-refractivity contribution in [3.63, 3.8) is 0 Å². The molecule has 2 aliphatic rings. The van der Waals surface area contributed by atoms with Gasteiger partial charge in [-0.3, -0.25) is 4.98 Å².